The molecule has 0 amide bonds. The number of ether oxygens (including phenoxy) is 1. The van der Waals surface area contributed by atoms with Crippen LogP contribution >= 0.6 is 0 Å². The Bertz CT molecular complexity index is 149. The second-order valence-corrected chi connectivity index (χ2v) is 2.60. The lowest BCUT2D eigenvalue weighted by Crippen LogP contribution is -2.32. The van der Waals surface area contributed by atoms with Crippen LogP contribution in [0.15, 0.2) is 0 Å². The van der Waals surface area contributed by atoms with Crippen molar-refractivity contribution in [1.29, 1.82) is 0 Å². The molecular weight excluding hydrogens is 146 g/mol. The Morgan fingerprint density at radius 1 is 1.82 bits per heavy atom. The van der Waals surface area contributed by atoms with Crippen molar-refractivity contribution in [3.8, 4) is 0 Å². The van der Waals surface area contributed by atoms with Gasteiger partial charge in [-0.05, 0) is 6.92 Å². The van der Waals surface area contributed by atoms with E-state index in [1.807, 2.05) is 0 Å². The van der Waals surface area contributed by atoms with Crippen LogP contribution < -0.4 is 5.32 Å². The molecule has 11 heavy (non-hydrogen) atoms. The molecule has 1 saturated heterocycles. The van der Waals surface area contributed by atoms with Crippen LogP contribution in [0.3, 0.4) is 0 Å². The second-order valence-electron chi connectivity index (χ2n) is 2.60. The summed E-state index contributed by atoms with van der Waals surface area (Å²) >= 11 is 0. The molecule has 0 aromatic carbocycles. The molecule has 0 bridgehead atoms. The summed E-state index contributed by atoms with van der Waals surface area (Å²) in [5, 5.41) is 11.9. The molecule has 0 saturated carbocycles. The van der Waals surface area contributed by atoms with E-state index in [0.29, 0.717) is 19.6 Å². The third-order valence-corrected chi connectivity index (χ3v) is 1.68. The SMILES string of the molecule is CCOC(=O)[C@@H]1C[C@H](O)CN1. The van der Waals surface area contributed by atoms with Crippen molar-refractivity contribution >= 4 is 5.97 Å². The molecule has 0 spiro atoms. The van der Waals surface area contributed by atoms with Crippen LogP contribution in [-0.4, -0.2) is 36.4 Å². The number of nitrogens with one attached hydrogen (secondary N) is 1. The monoisotopic (exact) mass is 159 g/mol. The number of aliphatic hydroxyl groups is 1. The van der Waals surface area contributed by atoms with Crippen LogP contribution in [-0.2, 0) is 9.53 Å². The first-order valence-corrected chi connectivity index (χ1v) is 3.82. The zero-order valence-corrected chi connectivity index (χ0v) is 6.54. The van der Waals surface area contributed by atoms with Gasteiger partial charge in [0.1, 0.15) is 6.04 Å². The summed E-state index contributed by atoms with van der Waals surface area (Å²) in [5.41, 5.74) is 0. The summed E-state index contributed by atoms with van der Waals surface area (Å²) in [6, 6.07) is -0.301. The van der Waals surface area contributed by atoms with Crippen molar-refractivity contribution < 1.29 is 14.6 Å². The highest BCUT2D eigenvalue weighted by molar-refractivity contribution is 5.76. The van der Waals surface area contributed by atoms with E-state index in [-0.39, 0.29) is 12.0 Å². The van der Waals surface area contributed by atoms with Crippen LogP contribution in [0.5, 0.6) is 0 Å². The molecule has 0 aliphatic carbocycles. The Kier molecular flexibility index (Phi) is 2.84. The topological polar surface area (TPSA) is 58.6 Å². The van der Waals surface area contributed by atoms with Gasteiger partial charge in [-0.1, -0.05) is 0 Å². The van der Waals surface area contributed by atoms with Crippen molar-refractivity contribution in [2.75, 3.05) is 13.2 Å². The number of hydrogen-bond acceptors (Lipinski definition) is 4. The lowest BCUT2D eigenvalue weighted by Gasteiger charge is -2.07. The van der Waals surface area contributed by atoms with Crippen molar-refractivity contribution in [3.05, 3.63) is 0 Å². The number of esters is 1. The maximum absolute atomic E-state index is 11.0. The summed E-state index contributed by atoms with van der Waals surface area (Å²) in [6.45, 7) is 2.65. The minimum absolute atomic E-state index is 0.260. The normalized spacial score (nSPS) is 30.4. The quantitative estimate of drug-likeness (QED) is 0.522. The largest absolute Gasteiger partial charge is 0.465 e. The van der Waals surface area contributed by atoms with Gasteiger partial charge in [0.15, 0.2) is 0 Å². The van der Waals surface area contributed by atoms with E-state index < -0.39 is 6.10 Å². The Morgan fingerprint density at radius 2 is 2.55 bits per heavy atom. The highest BCUT2D eigenvalue weighted by Gasteiger charge is 2.28. The molecule has 64 valence electrons. The Balaban J connectivity index is 2.31. The summed E-state index contributed by atoms with van der Waals surface area (Å²) in [6.07, 6.45) is 0.0724. The van der Waals surface area contributed by atoms with Crippen molar-refractivity contribution in [3.63, 3.8) is 0 Å². The molecule has 1 heterocycles. The van der Waals surface area contributed by atoms with Crippen molar-refractivity contribution in [1.82, 2.24) is 5.32 Å². The smallest absolute Gasteiger partial charge is 0.323 e. The van der Waals surface area contributed by atoms with Gasteiger partial charge in [0.25, 0.3) is 0 Å². The van der Waals surface area contributed by atoms with Crippen molar-refractivity contribution in [2.24, 2.45) is 0 Å². The fraction of sp³-hybridized carbons (Fsp3) is 0.857. The van der Waals surface area contributed by atoms with Crippen LogP contribution in [0.25, 0.3) is 0 Å². The summed E-state index contributed by atoms with van der Waals surface area (Å²) in [4.78, 5) is 11.0. The number of carbonyl (C=O) groups excluding carboxylic acids is 1. The van der Waals surface area contributed by atoms with Crippen LogP contribution in [0.1, 0.15) is 13.3 Å². The third-order valence-electron chi connectivity index (χ3n) is 1.68. The zero-order valence-electron chi connectivity index (χ0n) is 6.54. The molecule has 2 N–H and O–H groups in total. The Morgan fingerprint density at radius 3 is 3.00 bits per heavy atom. The number of β-amino-alcohol motifs (C(OH)–C–C–N with tert-alkyl or cyclic N) is 1. The molecule has 2 atom stereocenters. The van der Waals surface area contributed by atoms with Crippen LogP contribution in [0, 0.1) is 0 Å². The first-order valence-electron chi connectivity index (χ1n) is 3.82. The zero-order chi connectivity index (χ0) is 8.27. The maximum Gasteiger partial charge on any atom is 0.323 e. The van der Waals surface area contributed by atoms with Gasteiger partial charge in [0, 0.05) is 13.0 Å². The van der Waals surface area contributed by atoms with Gasteiger partial charge in [-0.2, -0.15) is 0 Å². The molecule has 0 radical (unpaired) electrons. The van der Waals surface area contributed by atoms with E-state index in [1.54, 1.807) is 6.92 Å². The van der Waals surface area contributed by atoms with Gasteiger partial charge in [0.05, 0.1) is 12.7 Å². The average Bonchev–Trinajstić information content (AvgIpc) is 2.36. The summed E-state index contributed by atoms with van der Waals surface area (Å²) in [5.74, 6) is -0.260. The van der Waals surface area contributed by atoms with Crippen LogP contribution in [0.4, 0.5) is 0 Å². The molecule has 0 aromatic heterocycles. The predicted octanol–water partition coefficient (Wildman–Crippen LogP) is -0.728. The molecule has 1 aliphatic heterocycles. The molecule has 1 rings (SSSR count). The predicted molar refractivity (Wildman–Crippen MR) is 39.0 cm³/mol. The standard InChI is InChI=1S/C7H13NO3/c1-2-11-7(10)6-3-5(9)4-8-6/h5-6,8-9H,2-4H2,1H3/t5-,6-/m0/s1. The minimum Gasteiger partial charge on any atom is -0.465 e. The van der Waals surface area contributed by atoms with E-state index in [1.165, 1.54) is 0 Å². The molecule has 4 nitrogen and oxygen atoms in total. The fourth-order valence-electron chi connectivity index (χ4n) is 1.14. The first-order chi connectivity index (χ1) is 5.24. The van der Waals surface area contributed by atoms with E-state index in [4.69, 9.17) is 9.84 Å². The molecule has 0 unspecified atom stereocenters. The fourth-order valence-corrected chi connectivity index (χ4v) is 1.14. The van der Waals surface area contributed by atoms with Gasteiger partial charge in [-0.15, -0.1) is 0 Å². The molecule has 0 aromatic rings. The first kappa shape index (κ1) is 8.49. The van der Waals surface area contributed by atoms with Crippen molar-refractivity contribution in [2.45, 2.75) is 25.5 Å². The Labute approximate surface area is 65.5 Å². The highest BCUT2D eigenvalue weighted by atomic mass is 16.5. The minimum atomic E-state index is -0.399. The number of hydrogen-bond donors (Lipinski definition) is 2. The molecule has 1 aliphatic rings. The van der Waals surface area contributed by atoms with Gasteiger partial charge < -0.3 is 15.2 Å². The van der Waals surface area contributed by atoms with E-state index in [0.717, 1.165) is 0 Å². The molecular formula is C7H13NO3. The van der Waals surface area contributed by atoms with Gasteiger partial charge in [0.2, 0.25) is 0 Å². The van der Waals surface area contributed by atoms with E-state index in [2.05, 4.69) is 5.32 Å². The number of rotatable bonds is 2. The van der Waals surface area contributed by atoms with Gasteiger partial charge in [-0.3, -0.25) is 4.79 Å². The van der Waals surface area contributed by atoms with Crippen LogP contribution in [0.2, 0.25) is 0 Å². The maximum atomic E-state index is 11.0. The molecule has 4 heteroatoms. The number of aliphatic hydroxyl groups excluding tert-OH is 1. The van der Waals surface area contributed by atoms with E-state index in [9.17, 15) is 4.79 Å². The van der Waals surface area contributed by atoms with E-state index >= 15 is 0 Å². The van der Waals surface area contributed by atoms with Gasteiger partial charge in [-0.25, -0.2) is 0 Å². The van der Waals surface area contributed by atoms with Gasteiger partial charge >= 0.3 is 5.97 Å². The third kappa shape index (κ3) is 2.17. The second kappa shape index (κ2) is 3.69. The lowest BCUT2D eigenvalue weighted by atomic mass is 10.2. The average molecular weight is 159 g/mol. The lowest BCUT2D eigenvalue weighted by molar-refractivity contribution is -0.145. The number of carbonyl (C=O) groups is 1. The molecule has 1 fully saturated rings. The highest BCUT2D eigenvalue weighted by Crippen LogP contribution is 2.07. The summed E-state index contributed by atoms with van der Waals surface area (Å²) < 4.78 is 4.76. The summed E-state index contributed by atoms with van der Waals surface area (Å²) in [7, 11) is 0. The Hall–Kier alpha value is -0.610.